The summed E-state index contributed by atoms with van der Waals surface area (Å²) >= 11 is 7.37. The number of thiophene rings is 1. The number of likely N-dealkylation sites (tertiary alicyclic amines) is 1. The number of benzene rings is 2. The molecule has 2 N–H and O–H groups in total. The lowest BCUT2D eigenvalue weighted by Crippen LogP contribution is -2.34. The summed E-state index contributed by atoms with van der Waals surface area (Å²) in [5.41, 5.74) is 1.23. The number of halogens is 1. The van der Waals surface area contributed by atoms with E-state index in [0.29, 0.717) is 40.1 Å². The third-order valence-electron chi connectivity index (χ3n) is 4.65. The molecule has 1 saturated heterocycles. The van der Waals surface area contributed by atoms with E-state index in [2.05, 4.69) is 10.6 Å². The average Bonchev–Trinajstić information content (AvgIpc) is 3.41. The molecule has 0 aliphatic carbocycles. The van der Waals surface area contributed by atoms with Gasteiger partial charge < -0.3 is 20.3 Å². The number of carbonyl (C=O) groups excluding carboxylic acids is 2. The van der Waals surface area contributed by atoms with E-state index < -0.39 is 0 Å². The van der Waals surface area contributed by atoms with Gasteiger partial charge in [-0.3, -0.25) is 4.79 Å². The summed E-state index contributed by atoms with van der Waals surface area (Å²) in [4.78, 5) is 27.2. The van der Waals surface area contributed by atoms with Crippen molar-refractivity contribution in [1.29, 1.82) is 0 Å². The Morgan fingerprint density at radius 2 is 1.83 bits per heavy atom. The molecule has 8 heteroatoms. The molecule has 3 aromatic rings. The molecule has 0 bridgehead atoms. The van der Waals surface area contributed by atoms with Crippen LogP contribution in [0.1, 0.15) is 16.1 Å². The standard InChI is InChI=1S/C22H20ClN3O3S/c23-15-4-1-7-18(12-15)29-19-9-10-26(14-19)22(28)25-17-6-2-5-16(13-17)24-21(27)20-8-3-11-30-20/h1-8,11-13,19H,9-10,14H2,(H,24,27)(H,25,28)/t19-/m0/s1. The summed E-state index contributed by atoms with van der Waals surface area (Å²) in [5, 5.41) is 8.20. The van der Waals surface area contributed by atoms with E-state index in [1.54, 1.807) is 47.4 Å². The van der Waals surface area contributed by atoms with Crippen LogP contribution >= 0.6 is 22.9 Å². The summed E-state index contributed by atoms with van der Waals surface area (Å²) < 4.78 is 5.93. The monoisotopic (exact) mass is 441 g/mol. The number of carbonyl (C=O) groups is 2. The smallest absolute Gasteiger partial charge is 0.321 e. The number of rotatable bonds is 5. The molecule has 1 aromatic heterocycles. The van der Waals surface area contributed by atoms with Crippen molar-refractivity contribution >= 4 is 46.3 Å². The van der Waals surface area contributed by atoms with Crippen LogP contribution in [-0.2, 0) is 0 Å². The van der Waals surface area contributed by atoms with Gasteiger partial charge >= 0.3 is 6.03 Å². The molecule has 30 heavy (non-hydrogen) atoms. The van der Waals surface area contributed by atoms with Gasteiger partial charge in [-0.2, -0.15) is 0 Å². The minimum atomic E-state index is -0.200. The number of ether oxygens (including phenoxy) is 1. The molecule has 2 aromatic carbocycles. The first-order valence-corrected chi connectivity index (χ1v) is 10.8. The molecular formula is C22H20ClN3O3S. The fourth-order valence-electron chi connectivity index (χ4n) is 3.22. The van der Waals surface area contributed by atoms with Crippen LogP contribution < -0.4 is 15.4 Å². The predicted octanol–water partition coefficient (Wildman–Crippen LogP) is 5.34. The van der Waals surface area contributed by atoms with Gasteiger partial charge in [0.2, 0.25) is 0 Å². The zero-order chi connectivity index (χ0) is 20.9. The Morgan fingerprint density at radius 1 is 1.03 bits per heavy atom. The third kappa shape index (κ3) is 5.11. The zero-order valence-electron chi connectivity index (χ0n) is 16.0. The molecule has 1 fully saturated rings. The summed E-state index contributed by atoms with van der Waals surface area (Å²) in [6.07, 6.45) is 0.669. The fourth-order valence-corrected chi connectivity index (χ4v) is 4.02. The summed E-state index contributed by atoms with van der Waals surface area (Å²) in [5.74, 6) is 0.526. The maximum Gasteiger partial charge on any atom is 0.321 e. The van der Waals surface area contributed by atoms with Gasteiger partial charge in [-0.05, 0) is 47.8 Å². The molecular weight excluding hydrogens is 422 g/mol. The van der Waals surface area contributed by atoms with E-state index in [4.69, 9.17) is 16.3 Å². The normalized spacial score (nSPS) is 15.6. The minimum absolute atomic E-state index is 0.0781. The number of nitrogens with one attached hydrogen (secondary N) is 2. The van der Waals surface area contributed by atoms with E-state index in [1.807, 2.05) is 23.6 Å². The van der Waals surface area contributed by atoms with Crippen LogP contribution in [0, 0.1) is 0 Å². The largest absolute Gasteiger partial charge is 0.488 e. The van der Waals surface area contributed by atoms with Crippen molar-refractivity contribution in [3.05, 3.63) is 75.9 Å². The molecule has 6 nitrogen and oxygen atoms in total. The molecule has 1 atom stereocenters. The second kappa shape index (κ2) is 9.19. The van der Waals surface area contributed by atoms with Crippen molar-refractivity contribution in [2.45, 2.75) is 12.5 Å². The second-order valence-corrected chi connectivity index (χ2v) is 8.26. The van der Waals surface area contributed by atoms with Crippen LogP contribution in [0.25, 0.3) is 0 Å². The summed E-state index contributed by atoms with van der Waals surface area (Å²) in [7, 11) is 0. The van der Waals surface area contributed by atoms with Gasteiger partial charge in [0.15, 0.2) is 0 Å². The Hall–Kier alpha value is -3.03. The number of hydrogen-bond donors (Lipinski definition) is 2. The first-order valence-electron chi connectivity index (χ1n) is 9.50. The third-order valence-corrected chi connectivity index (χ3v) is 5.75. The van der Waals surface area contributed by atoms with E-state index in [9.17, 15) is 9.59 Å². The SMILES string of the molecule is O=C(Nc1cccc(NC(=O)N2CC[C@H](Oc3cccc(Cl)c3)C2)c1)c1cccs1. The topological polar surface area (TPSA) is 70.7 Å². The summed E-state index contributed by atoms with van der Waals surface area (Å²) in [6, 6.07) is 17.7. The Kier molecular flexibility index (Phi) is 6.21. The van der Waals surface area contributed by atoms with Crippen molar-refractivity contribution in [3.8, 4) is 5.75 Å². The Balaban J connectivity index is 1.32. The molecule has 1 aliphatic rings. The molecule has 0 unspecified atom stereocenters. The number of urea groups is 1. The molecule has 0 radical (unpaired) electrons. The van der Waals surface area contributed by atoms with Crippen molar-refractivity contribution in [2.75, 3.05) is 23.7 Å². The van der Waals surface area contributed by atoms with Gasteiger partial charge in [-0.25, -0.2) is 4.79 Å². The Morgan fingerprint density at radius 3 is 2.60 bits per heavy atom. The summed E-state index contributed by atoms with van der Waals surface area (Å²) in [6.45, 7) is 1.10. The van der Waals surface area contributed by atoms with E-state index in [1.165, 1.54) is 11.3 Å². The minimum Gasteiger partial charge on any atom is -0.488 e. The van der Waals surface area contributed by atoms with Crippen LogP contribution in [0.2, 0.25) is 5.02 Å². The lowest BCUT2D eigenvalue weighted by molar-refractivity contribution is 0.103. The van der Waals surface area contributed by atoms with Gasteiger partial charge in [0, 0.05) is 29.4 Å². The average molecular weight is 442 g/mol. The number of amides is 3. The van der Waals surface area contributed by atoms with Crippen molar-refractivity contribution in [1.82, 2.24) is 4.90 Å². The number of nitrogens with zero attached hydrogens (tertiary/aromatic N) is 1. The molecule has 154 valence electrons. The van der Waals surface area contributed by atoms with Crippen LogP contribution in [0.4, 0.5) is 16.2 Å². The van der Waals surface area contributed by atoms with Gasteiger partial charge in [0.25, 0.3) is 5.91 Å². The van der Waals surface area contributed by atoms with Crippen LogP contribution in [0.3, 0.4) is 0 Å². The molecule has 1 aliphatic heterocycles. The molecule has 3 amide bonds. The van der Waals surface area contributed by atoms with Crippen LogP contribution in [0.15, 0.2) is 66.0 Å². The van der Waals surface area contributed by atoms with Crippen molar-refractivity contribution in [3.63, 3.8) is 0 Å². The van der Waals surface area contributed by atoms with Gasteiger partial charge in [0.05, 0.1) is 11.4 Å². The van der Waals surface area contributed by atoms with E-state index in [-0.39, 0.29) is 18.0 Å². The van der Waals surface area contributed by atoms with Gasteiger partial charge in [-0.1, -0.05) is 29.8 Å². The lowest BCUT2D eigenvalue weighted by Gasteiger charge is -2.18. The first-order chi connectivity index (χ1) is 14.6. The van der Waals surface area contributed by atoms with Crippen LogP contribution in [0.5, 0.6) is 5.75 Å². The molecule has 2 heterocycles. The number of anilines is 2. The number of hydrogen-bond acceptors (Lipinski definition) is 4. The molecule has 4 rings (SSSR count). The van der Waals surface area contributed by atoms with Gasteiger partial charge in [-0.15, -0.1) is 11.3 Å². The fraction of sp³-hybridized carbons (Fsp3) is 0.182. The predicted molar refractivity (Wildman–Crippen MR) is 120 cm³/mol. The maximum absolute atomic E-state index is 12.6. The Bertz CT molecular complexity index is 1040. The Labute approximate surface area is 183 Å². The highest BCUT2D eigenvalue weighted by atomic mass is 35.5. The van der Waals surface area contributed by atoms with Crippen molar-refractivity contribution < 1.29 is 14.3 Å². The first kappa shape index (κ1) is 20.3. The van der Waals surface area contributed by atoms with Crippen molar-refractivity contribution in [2.24, 2.45) is 0 Å². The van der Waals surface area contributed by atoms with E-state index >= 15 is 0 Å². The van der Waals surface area contributed by atoms with Gasteiger partial charge in [0.1, 0.15) is 11.9 Å². The maximum atomic E-state index is 12.6. The highest BCUT2D eigenvalue weighted by Gasteiger charge is 2.27. The molecule has 0 spiro atoms. The van der Waals surface area contributed by atoms with E-state index in [0.717, 1.165) is 6.42 Å². The van der Waals surface area contributed by atoms with Crippen LogP contribution in [-0.4, -0.2) is 36.0 Å². The zero-order valence-corrected chi connectivity index (χ0v) is 17.6. The quantitative estimate of drug-likeness (QED) is 0.561. The highest BCUT2D eigenvalue weighted by Crippen LogP contribution is 2.23. The highest BCUT2D eigenvalue weighted by molar-refractivity contribution is 7.12. The lowest BCUT2D eigenvalue weighted by atomic mass is 10.2. The molecule has 0 saturated carbocycles. The second-order valence-electron chi connectivity index (χ2n) is 6.87.